The van der Waals surface area contributed by atoms with Gasteiger partial charge in [-0.3, -0.25) is 4.68 Å². The summed E-state index contributed by atoms with van der Waals surface area (Å²) in [6.07, 6.45) is 0. The minimum absolute atomic E-state index is 0.246. The van der Waals surface area contributed by atoms with Gasteiger partial charge in [0.1, 0.15) is 5.82 Å². The largest absolute Gasteiger partial charge is 0.379 e. The number of aromatic nitrogens is 2. The maximum Gasteiger partial charge on any atom is 0.125 e. The Bertz CT molecular complexity index is 558. The molecule has 5 heteroatoms. The van der Waals surface area contributed by atoms with Crippen molar-refractivity contribution in [1.82, 2.24) is 9.78 Å². The molecule has 2 aromatic rings. The third kappa shape index (κ3) is 2.64. The molecule has 1 aromatic carbocycles. The van der Waals surface area contributed by atoms with Crippen molar-refractivity contribution < 1.29 is 4.39 Å². The van der Waals surface area contributed by atoms with Gasteiger partial charge in [-0.25, -0.2) is 4.39 Å². The van der Waals surface area contributed by atoms with Crippen molar-refractivity contribution in [1.29, 1.82) is 0 Å². The van der Waals surface area contributed by atoms with Crippen molar-refractivity contribution >= 4 is 17.3 Å². The van der Waals surface area contributed by atoms with Gasteiger partial charge in [0.05, 0.1) is 23.0 Å². The number of nitrogens with zero attached hydrogens (tertiary/aromatic N) is 2. The van der Waals surface area contributed by atoms with Crippen molar-refractivity contribution in [3.63, 3.8) is 0 Å². The summed E-state index contributed by atoms with van der Waals surface area (Å²) in [7, 11) is 1.84. The van der Waals surface area contributed by atoms with Gasteiger partial charge in [0.15, 0.2) is 0 Å². The molecular weight excluding hydrogens is 253 g/mol. The molecule has 0 atom stereocenters. The first-order chi connectivity index (χ1) is 8.47. The zero-order valence-electron chi connectivity index (χ0n) is 10.6. The summed E-state index contributed by atoms with van der Waals surface area (Å²) in [6, 6.07) is 4.84. The van der Waals surface area contributed by atoms with Crippen LogP contribution in [0.1, 0.15) is 17.0 Å². The van der Waals surface area contributed by atoms with Crippen molar-refractivity contribution in [3.8, 4) is 0 Å². The summed E-state index contributed by atoms with van der Waals surface area (Å²) in [6.45, 7) is 4.23. The fourth-order valence-corrected chi connectivity index (χ4v) is 2.12. The van der Waals surface area contributed by atoms with Crippen molar-refractivity contribution in [2.75, 3.05) is 5.32 Å². The number of hydrogen-bond acceptors (Lipinski definition) is 2. The van der Waals surface area contributed by atoms with E-state index in [0.717, 1.165) is 22.6 Å². The smallest absolute Gasteiger partial charge is 0.125 e. The Morgan fingerprint density at radius 3 is 2.61 bits per heavy atom. The lowest BCUT2D eigenvalue weighted by Gasteiger charge is -2.08. The second-order valence-electron chi connectivity index (χ2n) is 4.34. The average Bonchev–Trinajstić information content (AvgIpc) is 2.50. The van der Waals surface area contributed by atoms with E-state index in [1.807, 2.05) is 27.0 Å². The minimum atomic E-state index is -0.246. The molecule has 1 aromatic heterocycles. The molecule has 0 saturated heterocycles. The predicted molar refractivity (Wildman–Crippen MR) is 71.4 cm³/mol. The molecule has 0 fully saturated rings. The lowest BCUT2D eigenvalue weighted by Crippen LogP contribution is -2.06. The summed E-state index contributed by atoms with van der Waals surface area (Å²) in [5.74, 6) is -0.246. The van der Waals surface area contributed by atoms with Gasteiger partial charge in [-0.15, -0.1) is 0 Å². The highest BCUT2D eigenvalue weighted by Gasteiger charge is 2.10. The Kier molecular flexibility index (Phi) is 3.57. The maximum atomic E-state index is 13.2. The van der Waals surface area contributed by atoms with Crippen molar-refractivity contribution in [2.45, 2.75) is 20.4 Å². The summed E-state index contributed by atoms with van der Waals surface area (Å²) >= 11 is 6.15. The second kappa shape index (κ2) is 4.98. The maximum absolute atomic E-state index is 13.2. The molecule has 0 aliphatic heterocycles. The molecule has 0 amide bonds. The Labute approximate surface area is 111 Å². The van der Waals surface area contributed by atoms with E-state index in [0.29, 0.717) is 11.6 Å². The average molecular weight is 268 g/mol. The van der Waals surface area contributed by atoms with Crippen LogP contribution in [0.3, 0.4) is 0 Å². The third-order valence-electron chi connectivity index (χ3n) is 2.76. The molecular formula is C13H15ClFN3. The number of halogens is 2. The number of anilines is 1. The van der Waals surface area contributed by atoms with Crippen LogP contribution in [0.2, 0.25) is 5.02 Å². The molecule has 1 N–H and O–H groups in total. The fourth-order valence-electron chi connectivity index (χ4n) is 1.90. The molecule has 0 aliphatic carbocycles. The van der Waals surface area contributed by atoms with Gasteiger partial charge in [-0.2, -0.15) is 5.10 Å². The lowest BCUT2D eigenvalue weighted by atomic mass is 10.2. The first-order valence-electron chi connectivity index (χ1n) is 5.66. The van der Waals surface area contributed by atoms with E-state index in [9.17, 15) is 4.39 Å². The minimum Gasteiger partial charge on any atom is -0.379 e. The normalized spacial score (nSPS) is 10.7. The van der Waals surface area contributed by atoms with Gasteiger partial charge in [0.25, 0.3) is 0 Å². The number of aryl methyl sites for hydroxylation is 3. The number of hydrogen-bond donors (Lipinski definition) is 1. The highest BCUT2D eigenvalue weighted by Crippen LogP contribution is 2.21. The van der Waals surface area contributed by atoms with Crippen LogP contribution in [0, 0.1) is 19.7 Å². The Morgan fingerprint density at radius 1 is 1.33 bits per heavy atom. The Hall–Kier alpha value is -1.55. The number of nitrogens with one attached hydrogen (secondary N) is 1. The van der Waals surface area contributed by atoms with Crippen molar-refractivity contribution in [2.24, 2.45) is 7.05 Å². The zero-order chi connectivity index (χ0) is 13.3. The zero-order valence-corrected chi connectivity index (χ0v) is 11.3. The van der Waals surface area contributed by atoms with Gasteiger partial charge < -0.3 is 5.32 Å². The molecule has 0 bridgehead atoms. The predicted octanol–water partition coefficient (Wildman–Crippen LogP) is 3.44. The summed E-state index contributed by atoms with van der Waals surface area (Å²) in [5, 5.41) is 8.03. The van der Waals surface area contributed by atoms with Crippen LogP contribution in [-0.4, -0.2) is 9.78 Å². The standard InChI is InChI=1S/C13H15ClFN3/c1-8-4-10(15)6-11(5-8)16-7-12-13(14)9(2)17-18(12)3/h4-6,16H,7H2,1-3H3. The Morgan fingerprint density at radius 2 is 2.06 bits per heavy atom. The van der Waals surface area contributed by atoms with Crippen LogP contribution in [-0.2, 0) is 13.6 Å². The van der Waals surface area contributed by atoms with Crippen molar-refractivity contribution in [3.05, 3.63) is 46.0 Å². The SMILES string of the molecule is Cc1cc(F)cc(NCc2c(Cl)c(C)nn2C)c1. The quantitative estimate of drug-likeness (QED) is 0.923. The first kappa shape index (κ1) is 12.9. The fraction of sp³-hybridized carbons (Fsp3) is 0.308. The summed E-state index contributed by atoms with van der Waals surface area (Å²) < 4.78 is 15.0. The van der Waals surface area contributed by atoms with Crippen LogP contribution in [0.15, 0.2) is 18.2 Å². The highest BCUT2D eigenvalue weighted by molar-refractivity contribution is 6.31. The first-order valence-corrected chi connectivity index (χ1v) is 6.04. The molecule has 96 valence electrons. The Balaban J connectivity index is 2.16. The van der Waals surface area contributed by atoms with Crippen LogP contribution in [0.5, 0.6) is 0 Å². The molecule has 0 spiro atoms. The van der Waals surface area contributed by atoms with E-state index < -0.39 is 0 Å². The van der Waals surface area contributed by atoms with E-state index in [-0.39, 0.29) is 5.82 Å². The lowest BCUT2D eigenvalue weighted by molar-refractivity contribution is 0.627. The van der Waals surface area contributed by atoms with Crippen LogP contribution >= 0.6 is 11.6 Å². The molecule has 0 saturated carbocycles. The van der Waals surface area contributed by atoms with Gasteiger partial charge in [0, 0.05) is 12.7 Å². The summed E-state index contributed by atoms with van der Waals surface area (Å²) in [5.41, 5.74) is 3.30. The van der Waals surface area contributed by atoms with E-state index in [4.69, 9.17) is 11.6 Å². The topological polar surface area (TPSA) is 29.9 Å². The molecule has 18 heavy (non-hydrogen) atoms. The van der Waals surface area contributed by atoms with Gasteiger partial charge in [-0.1, -0.05) is 11.6 Å². The van der Waals surface area contributed by atoms with Crippen LogP contribution in [0.25, 0.3) is 0 Å². The monoisotopic (exact) mass is 267 g/mol. The van der Waals surface area contributed by atoms with E-state index in [1.54, 1.807) is 4.68 Å². The third-order valence-corrected chi connectivity index (χ3v) is 3.26. The molecule has 2 rings (SSSR count). The molecule has 0 unspecified atom stereocenters. The van der Waals surface area contributed by atoms with Gasteiger partial charge in [-0.05, 0) is 37.6 Å². The molecule has 3 nitrogen and oxygen atoms in total. The second-order valence-corrected chi connectivity index (χ2v) is 4.72. The van der Waals surface area contributed by atoms with E-state index in [2.05, 4.69) is 10.4 Å². The highest BCUT2D eigenvalue weighted by atomic mass is 35.5. The van der Waals surface area contributed by atoms with Crippen LogP contribution < -0.4 is 5.32 Å². The van der Waals surface area contributed by atoms with E-state index >= 15 is 0 Å². The van der Waals surface area contributed by atoms with E-state index in [1.165, 1.54) is 12.1 Å². The molecule has 0 aliphatic rings. The van der Waals surface area contributed by atoms with Gasteiger partial charge in [0.2, 0.25) is 0 Å². The summed E-state index contributed by atoms with van der Waals surface area (Å²) in [4.78, 5) is 0. The molecule has 0 radical (unpaired) electrons. The number of benzene rings is 1. The molecule has 1 heterocycles. The number of rotatable bonds is 3. The van der Waals surface area contributed by atoms with Crippen LogP contribution in [0.4, 0.5) is 10.1 Å². The van der Waals surface area contributed by atoms with Gasteiger partial charge >= 0.3 is 0 Å².